The molecule has 6 heteroatoms. The van der Waals surface area contributed by atoms with Crippen LogP contribution in [-0.2, 0) is 9.59 Å². The highest BCUT2D eigenvalue weighted by Gasteiger charge is 2.27. The van der Waals surface area contributed by atoms with E-state index in [1.165, 1.54) is 6.92 Å². The number of amides is 2. The number of hydrogen-bond acceptors (Lipinski definition) is 4. The number of carbonyl (C=O) groups excluding carboxylic acids is 3. The first kappa shape index (κ1) is 16.0. The smallest absolute Gasteiger partial charge is 0.260 e. The van der Waals surface area contributed by atoms with Crippen molar-refractivity contribution in [1.29, 1.82) is 0 Å². The van der Waals surface area contributed by atoms with Crippen molar-refractivity contribution < 1.29 is 19.1 Å². The standard InChI is InChI=1S/C16H20N2O4/c1-11(19)12-4-2-6-14(8-12)22-10-15(20)18-7-3-5-13(9-18)16(17)21/h2,4,6,8,13H,3,5,7,9-10H2,1H3,(H2,17,21). The highest BCUT2D eigenvalue weighted by Crippen LogP contribution is 2.17. The van der Waals surface area contributed by atoms with Crippen LogP contribution in [0.2, 0.25) is 0 Å². The zero-order valence-corrected chi connectivity index (χ0v) is 12.6. The molecule has 1 atom stereocenters. The minimum absolute atomic E-state index is 0.0582. The molecule has 2 amide bonds. The lowest BCUT2D eigenvalue weighted by Crippen LogP contribution is -2.45. The summed E-state index contributed by atoms with van der Waals surface area (Å²) in [5.41, 5.74) is 5.84. The maximum atomic E-state index is 12.1. The maximum Gasteiger partial charge on any atom is 0.260 e. The van der Waals surface area contributed by atoms with E-state index < -0.39 is 0 Å². The normalized spacial score (nSPS) is 17.9. The molecule has 2 rings (SSSR count). The largest absolute Gasteiger partial charge is 0.484 e. The van der Waals surface area contributed by atoms with Gasteiger partial charge in [0.15, 0.2) is 12.4 Å². The molecule has 1 aromatic rings. The zero-order valence-electron chi connectivity index (χ0n) is 12.6. The molecule has 118 valence electrons. The number of ketones is 1. The van der Waals surface area contributed by atoms with Gasteiger partial charge in [0.2, 0.25) is 5.91 Å². The number of nitrogens with zero attached hydrogens (tertiary/aromatic N) is 1. The molecule has 1 fully saturated rings. The van der Waals surface area contributed by atoms with Crippen molar-refractivity contribution in [2.75, 3.05) is 19.7 Å². The fourth-order valence-electron chi connectivity index (χ4n) is 2.48. The summed E-state index contributed by atoms with van der Waals surface area (Å²) in [6.45, 7) is 2.32. The molecule has 1 unspecified atom stereocenters. The summed E-state index contributed by atoms with van der Waals surface area (Å²) in [6, 6.07) is 6.71. The van der Waals surface area contributed by atoms with E-state index in [4.69, 9.17) is 10.5 Å². The Bertz CT molecular complexity index is 585. The van der Waals surface area contributed by atoms with Crippen LogP contribution in [0.5, 0.6) is 5.75 Å². The van der Waals surface area contributed by atoms with E-state index >= 15 is 0 Å². The first-order valence-corrected chi connectivity index (χ1v) is 7.28. The fraction of sp³-hybridized carbons (Fsp3) is 0.438. The van der Waals surface area contributed by atoms with Crippen LogP contribution in [0.4, 0.5) is 0 Å². The van der Waals surface area contributed by atoms with Gasteiger partial charge in [-0.2, -0.15) is 0 Å². The quantitative estimate of drug-likeness (QED) is 0.821. The average Bonchev–Trinajstić information content (AvgIpc) is 2.53. The molecule has 0 saturated carbocycles. The molecule has 0 radical (unpaired) electrons. The lowest BCUT2D eigenvalue weighted by Gasteiger charge is -2.31. The van der Waals surface area contributed by atoms with Gasteiger partial charge < -0.3 is 15.4 Å². The Labute approximate surface area is 129 Å². The Hall–Kier alpha value is -2.37. The number of piperidine rings is 1. The second kappa shape index (κ2) is 7.06. The maximum absolute atomic E-state index is 12.1. The number of nitrogens with two attached hydrogens (primary N) is 1. The van der Waals surface area contributed by atoms with Crippen LogP contribution in [0.15, 0.2) is 24.3 Å². The Morgan fingerprint density at radius 3 is 2.82 bits per heavy atom. The number of primary amides is 1. The first-order valence-electron chi connectivity index (χ1n) is 7.28. The van der Waals surface area contributed by atoms with Crippen LogP contribution in [0.25, 0.3) is 0 Å². The molecular formula is C16H20N2O4. The van der Waals surface area contributed by atoms with Gasteiger partial charge >= 0.3 is 0 Å². The van der Waals surface area contributed by atoms with Crippen molar-refractivity contribution in [3.05, 3.63) is 29.8 Å². The number of rotatable bonds is 5. The third-order valence-corrected chi connectivity index (χ3v) is 3.78. The summed E-state index contributed by atoms with van der Waals surface area (Å²) in [6.07, 6.45) is 1.49. The Balaban J connectivity index is 1.91. The first-order chi connectivity index (χ1) is 10.5. The van der Waals surface area contributed by atoms with Crippen LogP contribution in [0.1, 0.15) is 30.1 Å². The average molecular weight is 304 g/mol. The molecule has 1 aliphatic rings. The molecular weight excluding hydrogens is 284 g/mol. The third kappa shape index (κ3) is 4.07. The van der Waals surface area contributed by atoms with E-state index in [-0.39, 0.29) is 30.1 Å². The Morgan fingerprint density at radius 1 is 1.36 bits per heavy atom. The SMILES string of the molecule is CC(=O)c1cccc(OCC(=O)N2CCCC(C(N)=O)C2)c1. The zero-order chi connectivity index (χ0) is 16.1. The van der Waals surface area contributed by atoms with Crippen molar-refractivity contribution in [2.24, 2.45) is 11.7 Å². The van der Waals surface area contributed by atoms with Gasteiger partial charge in [-0.15, -0.1) is 0 Å². The second-order valence-corrected chi connectivity index (χ2v) is 5.45. The minimum atomic E-state index is -0.368. The molecule has 1 aliphatic heterocycles. The van der Waals surface area contributed by atoms with E-state index in [9.17, 15) is 14.4 Å². The molecule has 2 N–H and O–H groups in total. The minimum Gasteiger partial charge on any atom is -0.484 e. The van der Waals surface area contributed by atoms with Crippen molar-refractivity contribution in [1.82, 2.24) is 4.90 Å². The molecule has 22 heavy (non-hydrogen) atoms. The van der Waals surface area contributed by atoms with Gasteiger partial charge in [-0.1, -0.05) is 12.1 Å². The van der Waals surface area contributed by atoms with E-state index in [0.717, 1.165) is 12.8 Å². The van der Waals surface area contributed by atoms with E-state index in [2.05, 4.69) is 0 Å². The molecule has 0 aliphatic carbocycles. The summed E-state index contributed by atoms with van der Waals surface area (Å²) in [4.78, 5) is 36.3. The predicted octanol–water partition coefficient (Wildman–Crippen LogP) is 0.992. The molecule has 6 nitrogen and oxygen atoms in total. The molecule has 0 aromatic heterocycles. The Morgan fingerprint density at radius 2 is 2.14 bits per heavy atom. The van der Waals surface area contributed by atoms with Crippen LogP contribution < -0.4 is 10.5 Å². The van der Waals surface area contributed by atoms with Crippen LogP contribution in [0.3, 0.4) is 0 Å². The Kier molecular flexibility index (Phi) is 5.14. The second-order valence-electron chi connectivity index (χ2n) is 5.45. The monoisotopic (exact) mass is 304 g/mol. The van der Waals surface area contributed by atoms with Crippen molar-refractivity contribution in [3.8, 4) is 5.75 Å². The van der Waals surface area contributed by atoms with Crippen molar-refractivity contribution >= 4 is 17.6 Å². The van der Waals surface area contributed by atoms with E-state index in [1.807, 2.05) is 0 Å². The summed E-state index contributed by atoms with van der Waals surface area (Å²) in [5, 5.41) is 0. The number of Topliss-reactive ketones (excluding diaryl/α,β-unsaturated/α-hetero) is 1. The lowest BCUT2D eigenvalue weighted by molar-refractivity contribution is -0.136. The third-order valence-electron chi connectivity index (χ3n) is 3.78. The van der Waals surface area contributed by atoms with Crippen molar-refractivity contribution in [2.45, 2.75) is 19.8 Å². The number of likely N-dealkylation sites (tertiary alicyclic amines) is 1. The predicted molar refractivity (Wildman–Crippen MR) is 80.4 cm³/mol. The van der Waals surface area contributed by atoms with E-state index in [1.54, 1.807) is 29.2 Å². The highest BCUT2D eigenvalue weighted by molar-refractivity contribution is 5.94. The number of benzene rings is 1. The van der Waals surface area contributed by atoms with Gasteiger partial charge in [-0.05, 0) is 31.9 Å². The van der Waals surface area contributed by atoms with Gasteiger partial charge in [0.25, 0.3) is 5.91 Å². The molecule has 0 bridgehead atoms. The van der Waals surface area contributed by atoms with Gasteiger partial charge in [-0.25, -0.2) is 0 Å². The van der Waals surface area contributed by atoms with Gasteiger partial charge in [0.05, 0.1) is 5.92 Å². The summed E-state index contributed by atoms with van der Waals surface area (Å²) in [7, 11) is 0. The number of ether oxygens (including phenoxy) is 1. The molecule has 1 saturated heterocycles. The van der Waals surface area contributed by atoms with Gasteiger partial charge in [-0.3, -0.25) is 14.4 Å². The topological polar surface area (TPSA) is 89.7 Å². The molecule has 1 aromatic carbocycles. The summed E-state index contributed by atoms with van der Waals surface area (Å²) in [5.74, 6) is -0.410. The van der Waals surface area contributed by atoms with Gasteiger partial charge in [0, 0.05) is 18.7 Å². The molecule has 0 spiro atoms. The molecule has 1 heterocycles. The number of carbonyl (C=O) groups is 3. The van der Waals surface area contributed by atoms with Crippen molar-refractivity contribution in [3.63, 3.8) is 0 Å². The van der Waals surface area contributed by atoms with Crippen LogP contribution in [-0.4, -0.2) is 42.2 Å². The fourth-order valence-corrected chi connectivity index (χ4v) is 2.48. The summed E-state index contributed by atoms with van der Waals surface area (Å²) >= 11 is 0. The lowest BCUT2D eigenvalue weighted by atomic mass is 9.97. The van der Waals surface area contributed by atoms with Gasteiger partial charge in [0.1, 0.15) is 5.75 Å². The van der Waals surface area contributed by atoms with Crippen LogP contribution in [0, 0.1) is 5.92 Å². The number of hydrogen-bond donors (Lipinski definition) is 1. The van der Waals surface area contributed by atoms with E-state index in [0.29, 0.717) is 24.4 Å². The summed E-state index contributed by atoms with van der Waals surface area (Å²) < 4.78 is 5.45. The highest BCUT2D eigenvalue weighted by atomic mass is 16.5. The van der Waals surface area contributed by atoms with Crippen LogP contribution >= 0.6 is 0 Å².